The second kappa shape index (κ2) is 9.51. The Morgan fingerprint density at radius 1 is 1.12 bits per heavy atom. The lowest BCUT2D eigenvalue weighted by Crippen LogP contribution is -2.06. The first-order valence-electron chi connectivity index (χ1n) is 6.77. The minimum atomic E-state index is -0.571. The minimum Gasteiger partial charge on any atom is -0.489 e. The summed E-state index contributed by atoms with van der Waals surface area (Å²) in [4.78, 5) is 15.8. The zero-order chi connectivity index (χ0) is 18.4. The molecule has 2 rings (SSSR count). The third-order valence-electron chi connectivity index (χ3n) is 2.91. The van der Waals surface area contributed by atoms with Crippen molar-refractivity contribution in [2.24, 2.45) is 0 Å². The van der Waals surface area contributed by atoms with Gasteiger partial charge in [-0.2, -0.15) is 0 Å². The Bertz CT molecular complexity index is 766. The van der Waals surface area contributed by atoms with Crippen molar-refractivity contribution in [1.82, 2.24) is 4.98 Å². The highest BCUT2D eigenvalue weighted by molar-refractivity contribution is 6.55. The molecule has 1 aromatic carbocycles. The van der Waals surface area contributed by atoms with E-state index < -0.39 is 5.97 Å². The molecule has 1 aromatic heterocycles. The maximum atomic E-state index is 12.0. The molecular formula is C16H10Cl5NO3. The fourth-order valence-electron chi connectivity index (χ4n) is 1.72. The summed E-state index contributed by atoms with van der Waals surface area (Å²) < 4.78 is 10.7. The second-order valence-corrected chi connectivity index (χ2v) is 6.83. The standard InChI is InChI=1S/C16H10Cl5NO3/c17-12-5-10(24-4-3-14(19)20)6-13(18)11(12)8-25-16(23)9-1-2-15(21)22-7-9/h1-3,5-7H,4,8H2. The van der Waals surface area contributed by atoms with Crippen molar-refractivity contribution in [2.45, 2.75) is 6.61 Å². The van der Waals surface area contributed by atoms with Crippen molar-refractivity contribution in [1.29, 1.82) is 0 Å². The number of aromatic nitrogens is 1. The number of ether oxygens (including phenoxy) is 2. The topological polar surface area (TPSA) is 48.4 Å². The van der Waals surface area contributed by atoms with Crippen LogP contribution in [-0.2, 0) is 11.3 Å². The second-order valence-electron chi connectivity index (χ2n) is 4.62. The molecule has 0 atom stereocenters. The van der Waals surface area contributed by atoms with Crippen molar-refractivity contribution in [3.8, 4) is 5.75 Å². The first-order chi connectivity index (χ1) is 11.9. The molecule has 0 unspecified atom stereocenters. The summed E-state index contributed by atoms with van der Waals surface area (Å²) in [6.07, 6.45) is 2.79. The van der Waals surface area contributed by atoms with Gasteiger partial charge in [0.05, 0.1) is 15.6 Å². The summed E-state index contributed by atoms with van der Waals surface area (Å²) in [5.74, 6) is -0.142. The number of esters is 1. The molecule has 2 aromatic rings. The molecule has 0 amide bonds. The van der Waals surface area contributed by atoms with Crippen molar-refractivity contribution in [2.75, 3.05) is 6.61 Å². The number of pyridine rings is 1. The maximum absolute atomic E-state index is 12.0. The zero-order valence-electron chi connectivity index (χ0n) is 12.4. The van der Waals surface area contributed by atoms with Gasteiger partial charge in [-0.05, 0) is 30.3 Å². The lowest BCUT2D eigenvalue weighted by molar-refractivity contribution is 0.0472. The molecule has 0 aliphatic rings. The Morgan fingerprint density at radius 2 is 1.80 bits per heavy atom. The van der Waals surface area contributed by atoms with Crippen LogP contribution >= 0.6 is 58.0 Å². The highest BCUT2D eigenvalue weighted by Crippen LogP contribution is 2.31. The molecule has 0 aliphatic heterocycles. The van der Waals surface area contributed by atoms with Crippen LogP contribution in [0, 0.1) is 0 Å². The molecule has 0 fully saturated rings. The van der Waals surface area contributed by atoms with E-state index in [1.54, 1.807) is 12.1 Å². The quantitative estimate of drug-likeness (QED) is 0.402. The number of rotatable bonds is 6. The molecule has 25 heavy (non-hydrogen) atoms. The van der Waals surface area contributed by atoms with E-state index in [0.717, 1.165) is 0 Å². The Labute approximate surface area is 169 Å². The maximum Gasteiger partial charge on any atom is 0.340 e. The number of halogens is 5. The lowest BCUT2D eigenvalue weighted by Gasteiger charge is -2.11. The normalized spacial score (nSPS) is 10.3. The molecule has 9 heteroatoms. The van der Waals surface area contributed by atoms with E-state index in [-0.39, 0.29) is 28.4 Å². The van der Waals surface area contributed by atoms with E-state index in [9.17, 15) is 4.79 Å². The van der Waals surface area contributed by atoms with E-state index in [4.69, 9.17) is 67.5 Å². The van der Waals surface area contributed by atoms with Gasteiger partial charge in [-0.3, -0.25) is 0 Å². The smallest absolute Gasteiger partial charge is 0.340 e. The number of carbonyl (C=O) groups excluding carboxylic acids is 1. The number of hydrogen-bond donors (Lipinski definition) is 0. The molecule has 1 heterocycles. The predicted octanol–water partition coefficient (Wildman–Crippen LogP) is 6.10. The van der Waals surface area contributed by atoms with Crippen molar-refractivity contribution >= 4 is 64.0 Å². The van der Waals surface area contributed by atoms with Gasteiger partial charge >= 0.3 is 5.97 Å². The van der Waals surface area contributed by atoms with Crippen LogP contribution in [0.15, 0.2) is 41.0 Å². The molecule has 0 bridgehead atoms. The highest BCUT2D eigenvalue weighted by Gasteiger charge is 2.13. The van der Waals surface area contributed by atoms with Crippen LogP contribution < -0.4 is 4.74 Å². The zero-order valence-corrected chi connectivity index (χ0v) is 16.2. The van der Waals surface area contributed by atoms with Crippen molar-refractivity contribution in [3.05, 3.63) is 67.4 Å². The van der Waals surface area contributed by atoms with Crippen LogP contribution in [0.25, 0.3) is 0 Å². The van der Waals surface area contributed by atoms with E-state index in [2.05, 4.69) is 4.98 Å². The van der Waals surface area contributed by atoms with Crippen molar-refractivity contribution in [3.63, 3.8) is 0 Å². The summed E-state index contributed by atoms with van der Waals surface area (Å²) in [6.45, 7) is 0.0553. The third kappa shape index (κ3) is 6.24. The average Bonchev–Trinajstić information content (AvgIpc) is 2.54. The van der Waals surface area contributed by atoms with Gasteiger partial charge in [-0.25, -0.2) is 9.78 Å². The molecule has 0 saturated carbocycles. The third-order valence-corrected chi connectivity index (χ3v) is 4.12. The van der Waals surface area contributed by atoms with Gasteiger partial charge < -0.3 is 9.47 Å². The average molecular weight is 442 g/mol. The lowest BCUT2D eigenvalue weighted by atomic mass is 10.2. The van der Waals surface area contributed by atoms with Gasteiger partial charge in [0.1, 0.15) is 28.6 Å². The molecule has 132 valence electrons. The number of nitrogens with zero attached hydrogens (tertiary/aromatic N) is 1. The molecular weight excluding hydrogens is 431 g/mol. The number of benzene rings is 1. The Hall–Kier alpha value is -1.17. The van der Waals surface area contributed by atoms with Crippen LogP contribution in [0.5, 0.6) is 5.75 Å². The van der Waals surface area contributed by atoms with Crippen LogP contribution in [-0.4, -0.2) is 17.6 Å². The van der Waals surface area contributed by atoms with E-state index in [1.807, 2.05) is 0 Å². The monoisotopic (exact) mass is 439 g/mol. The first-order valence-corrected chi connectivity index (χ1v) is 8.66. The summed E-state index contributed by atoms with van der Waals surface area (Å²) in [7, 11) is 0. The molecule has 0 aliphatic carbocycles. The van der Waals surface area contributed by atoms with Gasteiger partial charge in [0.25, 0.3) is 0 Å². The van der Waals surface area contributed by atoms with E-state index >= 15 is 0 Å². The summed E-state index contributed by atoms with van der Waals surface area (Å²) in [5.41, 5.74) is 0.721. The fourth-order valence-corrected chi connectivity index (χ4v) is 2.53. The molecule has 0 N–H and O–H groups in total. The Morgan fingerprint density at radius 3 is 2.36 bits per heavy atom. The van der Waals surface area contributed by atoms with Crippen LogP contribution in [0.1, 0.15) is 15.9 Å². The van der Waals surface area contributed by atoms with E-state index in [1.165, 1.54) is 24.4 Å². The number of hydrogen-bond acceptors (Lipinski definition) is 4. The van der Waals surface area contributed by atoms with Gasteiger partial charge in [0.15, 0.2) is 0 Å². The summed E-state index contributed by atoms with van der Waals surface area (Å²) >= 11 is 29.0. The number of carbonyl (C=O) groups is 1. The van der Waals surface area contributed by atoms with Crippen LogP contribution in [0.4, 0.5) is 0 Å². The van der Waals surface area contributed by atoms with Gasteiger partial charge in [0.2, 0.25) is 0 Å². The summed E-state index contributed by atoms with van der Waals surface area (Å²) in [6, 6.07) is 6.10. The van der Waals surface area contributed by atoms with Gasteiger partial charge in [-0.1, -0.05) is 58.0 Å². The van der Waals surface area contributed by atoms with Gasteiger partial charge in [-0.15, -0.1) is 0 Å². The Balaban J connectivity index is 2.03. The first kappa shape index (κ1) is 20.1. The fraction of sp³-hybridized carbons (Fsp3) is 0.125. The molecule has 0 radical (unpaired) electrons. The largest absolute Gasteiger partial charge is 0.489 e. The summed E-state index contributed by atoms with van der Waals surface area (Å²) in [5, 5.41) is 0.875. The minimum absolute atomic E-state index is 0.0948. The highest BCUT2D eigenvalue weighted by atomic mass is 35.5. The molecule has 0 saturated heterocycles. The SMILES string of the molecule is O=C(OCc1c(Cl)cc(OCC=C(Cl)Cl)cc1Cl)c1ccc(Cl)nc1. The molecule has 0 spiro atoms. The van der Waals surface area contributed by atoms with Gasteiger partial charge in [0, 0.05) is 11.8 Å². The molecule has 4 nitrogen and oxygen atoms in total. The Kier molecular flexibility index (Phi) is 7.66. The predicted molar refractivity (Wildman–Crippen MR) is 100 cm³/mol. The van der Waals surface area contributed by atoms with Crippen LogP contribution in [0.2, 0.25) is 15.2 Å². The van der Waals surface area contributed by atoms with Crippen LogP contribution in [0.3, 0.4) is 0 Å². The van der Waals surface area contributed by atoms with E-state index in [0.29, 0.717) is 21.4 Å². The van der Waals surface area contributed by atoms with Crippen molar-refractivity contribution < 1.29 is 14.3 Å².